The zero-order chi connectivity index (χ0) is 14.7. The first-order valence-corrected chi connectivity index (χ1v) is 8.55. The summed E-state index contributed by atoms with van der Waals surface area (Å²) in [5.74, 6) is 0.220. The molecule has 2 heterocycles. The Morgan fingerprint density at radius 2 is 2.00 bits per heavy atom. The van der Waals surface area contributed by atoms with E-state index in [1.54, 1.807) is 17.5 Å². The van der Waals surface area contributed by atoms with Crippen LogP contribution in [-0.2, 0) is 12.0 Å². The molecule has 2 aromatic rings. The van der Waals surface area contributed by atoms with Crippen LogP contribution in [0.4, 0.5) is 0 Å². The van der Waals surface area contributed by atoms with Crippen LogP contribution in [0.2, 0.25) is 0 Å². The predicted molar refractivity (Wildman–Crippen MR) is 86.5 cm³/mol. The topological polar surface area (TPSA) is 45.2 Å². The SMILES string of the molecule is CCc1ccc(C(O)(c2nccs2)C2CCNCC2)cc1. The Labute approximate surface area is 130 Å². The number of nitrogens with one attached hydrogen (secondary N) is 1. The summed E-state index contributed by atoms with van der Waals surface area (Å²) in [5.41, 5.74) is 1.31. The molecule has 3 rings (SSSR count). The third-order valence-electron chi connectivity index (χ3n) is 4.49. The smallest absolute Gasteiger partial charge is 0.144 e. The van der Waals surface area contributed by atoms with Crippen molar-refractivity contribution < 1.29 is 5.11 Å². The number of piperidine rings is 1. The van der Waals surface area contributed by atoms with Crippen LogP contribution in [0, 0.1) is 5.92 Å². The van der Waals surface area contributed by atoms with Gasteiger partial charge in [-0.15, -0.1) is 11.3 Å². The lowest BCUT2D eigenvalue weighted by Crippen LogP contribution is -2.42. The van der Waals surface area contributed by atoms with Crippen LogP contribution in [-0.4, -0.2) is 23.2 Å². The van der Waals surface area contributed by atoms with Crippen molar-refractivity contribution in [1.29, 1.82) is 0 Å². The van der Waals surface area contributed by atoms with Crippen LogP contribution in [0.1, 0.15) is 35.9 Å². The van der Waals surface area contributed by atoms with Gasteiger partial charge in [0.25, 0.3) is 0 Å². The number of hydrogen-bond donors (Lipinski definition) is 2. The van der Waals surface area contributed by atoms with E-state index in [1.165, 1.54) is 5.56 Å². The van der Waals surface area contributed by atoms with Crippen LogP contribution in [0.3, 0.4) is 0 Å². The van der Waals surface area contributed by atoms with Gasteiger partial charge in [-0.1, -0.05) is 31.2 Å². The minimum absolute atomic E-state index is 0.220. The van der Waals surface area contributed by atoms with Crippen molar-refractivity contribution in [2.24, 2.45) is 5.92 Å². The van der Waals surface area contributed by atoms with Gasteiger partial charge in [-0.05, 0) is 43.5 Å². The van der Waals surface area contributed by atoms with Crippen molar-refractivity contribution in [1.82, 2.24) is 10.3 Å². The van der Waals surface area contributed by atoms with E-state index in [1.807, 2.05) is 5.38 Å². The summed E-state index contributed by atoms with van der Waals surface area (Å²) in [5, 5.41) is 17.7. The van der Waals surface area contributed by atoms with Gasteiger partial charge >= 0.3 is 0 Å². The lowest BCUT2D eigenvalue weighted by molar-refractivity contribution is 0.00217. The Hall–Kier alpha value is -1.23. The lowest BCUT2D eigenvalue weighted by Gasteiger charge is -2.37. The average molecular weight is 302 g/mol. The highest BCUT2D eigenvalue weighted by Crippen LogP contribution is 2.41. The number of aliphatic hydroxyl groups is 1. The second-order valence-electron chi connectivity index (χ2n) is 5.68. The lowest BCUT2D eigenvalue weighted by atomic mass is 9.76. The summed E-state index contributed by atoms with van der Waals surface area (Å²) in [6.45, 7) is 4.08. The standard InChI is InChI=1S/C17H22N2OS/c1-2-13-3-5-14(6-4-13)17(20,16-19-11-12-21-16)15-7-9-18-10-8-15/h3-6,11-12,15,18,20H,2,7-10H2,1H3. The highest BCUT2D eigenvalue weighted by molar-refractivity contribution is 7.09. The van der Waals surface area contributed by atoms with Gasteiger partial charge in [0.15, 0.2) is 0 Å². The molecule has 0 aliphatic carbocycles. The zero-order valence-electron chi connectivity index (χ0n) is 12.4. The maximum atomic E-state index is 11.6. The molecule has 0 radical (unpaired) electrons. The summed E-state index contributed by atoms with van der Waals surface area (Å²) >= 11 is 1.55. The highest BCUT2D eigenvalue weighted by Gasteiger charge is 2.42. The van der Waals surface area contributed by atoms with E-state index < -0.39 is 5.60 Å². The molecular formula is C17H22N2OS. The minimum Gasteiger partial charge on any atom is -0.378 e. The molecule has 3 nitrogen and oxygen atoms in total. The van der Waals surface area contributed by atoms with Crippen molar-refractivity contribution >= 4 is 11.3 Å². The Bertz CT molecular complexity index is 561. The molecule has 1 fully saturated rings. The van der Waals surface area contributed by atoms with Crippen LogP contribution >= 0.6 is 11.3 Å². The Morgan fingerprint density at radius 1 is 1.29 bits per heavy atom. The molecule has 1 unspecified atom stereocenters. The van der Waals surface area contributed by atoms with Crippen LogP contribution in [0.25, 0.3) is 0 Å². The summed E-state index contributed by atoms with van der Waals surface area (Å²) in [4.78, 5) is 4.43. The summed E-state index contributed by atoms with van der Waals surface area (Å²) in [7, 11) is 0. The number of aryl methyl sites for hydroxylation is 1. The normalized spacial score (nSPS) is 19.3. The van der Waals surface area contributed by atoms with Gasteiger partial charge in [-0.2, -0.15) is 0 Å². The molecule has 0 saturated carbocycles. The van der Waals surface area contributed by atoms with Crippen molar-refractivity contribution in [3.05, 3.63) is 52.0 Å². The number of hydrogen-bond acceptors (Lipinski definition) is 4. The molecule has 1 atom stereocenters. The van der Waals surface area contributed by atoms with E-state index in [2.05, 4.69) is 41.5 Å². The summed E-state index contributed by atoms with van der Waals surface area (Å²) in [6.07, 6.45) is 4.76. The van der Waals surface area contributed by atoms with Gasteiger partial charge < -0.3 is 10.4 Å². The molecule has 21 heavy (non-hydrogen) atoms. The molecule has 1 aliphatic heterocycles. The third-order valence-corrected chi connectivity index (χ3v) is 5.39. The van der Waals surface area contributed by atoms with Crippen LogP contribution < -0.4 is 5.32 Å². The fraction of sp³-hybridized carbons (Fsp3) is 0.471. The van der Waals surface area contributed by atoms with Crippen molar-refractivity contribution in [3.63, 3.8) is 0 Å². The van der Waals surface area contributed by atoms with E-state index in [9.17, 15) is 5.11 Å². The minimum atomic E-state index is -0.956. The molecule has 2 N–H and O–H groups in total. The fourth-order valence-corrected chi connectivity index (χ4v) is 4.02. The van der Waals surface area contributed by atoms with Gasteiger partial charge in [0.1, 0.15) is 10.6 Å². The average Bonchev–Trinajstić information content (AvgIpc) is 3.10. The quantitative estimate of drug-likeness (QED) is 0.913. The Morgan fingerprint density at radius 3 is 2.57 bits per heavy atom. The third kappa shape index (κ3) is 2.76. The largest absolute Gasteiger partial charge is 0.378 e. The van der Waals surface area contributed by atoms with Gasteiger partial charge in [0.2, 0.25) is 0 Å². The van der Waals surface area contributed by atoms with E-state index in [0.717, 1.165) is 42.9 Å². The van der Waals surface area contributed by atoms with Crippen LogP contribution in [0.15, 0.2) is 35.8 Å². The predicted octanol–water partition coefficient (Wildman–Crippen LogP) is 2.94. The first-order chi connectivity index (χ1) is 10.2. The van der Waals surface area contributed by atoms with Crippen molar-refractivity contribution in [2.45, 2.75) is 31.8 Å². The van der Waals surface area contributed by atoms with Crippen molar-refractivity contribution in [2.75, 3.05) is 13.1 Å². The molecule has 0 bridgehead atoms. The van der Waals surface area contributed by atoms with Gasteiger partial charge in [-0.25, -0.2) is 4.98 Å². The Kier molecular flexibility index (Phi) is 4.38. The van der Waals surface area contributed by atoms with E-state index in [4.69, 9.17) is 0 Å². The number of benzene rings is 1. The Balaban J connectivity index is 2.02. The van der Waals surface area contributed by atoms with E-state index >= 15 is 0 Å². The molecule has 1 aromatic carbocycles. The second-order valence-corrected chi connectivity index (χ2v) is 6.57. The second kappa shape index (κ2) is 6.26. The van der Waals surface area contributed by atoms with E-state index in [0.29, 0.717) is 0 Å². The molecule has 1 aliphatic rings. The van der Waals surface area contributed by atoms with Gasteiger partial charge in [0.05, 0.1) is 0 Å². The highest BCUT2D eigenvalue weighted by atomic mass is 32.1. The maximum absolute atomic E-state index is 11.6. The molecule has 1 aromatic heterocycles. The summed E-state index contributed by atoms with van der Waals surface area (Å²) in [6, 6.07) is 8.38. The van der Waals surface area contributed by atoms with Gasteiger partial charge in [0, 0.05) is 17.5 Å². The number of thiazole rings is 1. The fourth-order valence-electron chi connectivity index (χ4n) is 3.18. The van der Waals surface area contributed by atoms with Gasteiger partial charge in [-0.3, -0.25) is 0 Å². The molecule has 1 saturated heterocycles. The van der Waals surface area contributed by atoms with Crippen molar-refractivity contribution in [3.8, 4) is 0 Å². The zero-order valence-corrected chi connectivity index (χ0v) is 13.2. The first-order valence-electron chi connectivity index (χ1n) is 7.67. The molecule has 4 heteroatoms. The first kappa shape index (κ1) is 14.7. The number of nitrogens with zero attached hydrogens (tertiary/aromatic N) is 1. The number of aromatic nitrogens is 1. The summed E-state index contributed by atoms with van der Waals surface area (Å²) < 4.78 is 0. The molecule has 112 valence electrons. The van der Waals surface area contributed by atoms with E-state index in [-0.39, 0.29) is 5.92 Å². The maximum Gasteiger partial charge on any atom is 0.144 e. The molecule has 0 spiro atoms. The molecule has 0 amide bonds. The van der Waals surface area contributed by atoms with Crippen LogP contribution in [0.5, 0.6) is 0 Å². The number of rotatable bonds is 4. The molecular weight excluding hydrogens is 280 g/mol. The monoisotopic (exact) mass is 302 g/mol.